The SMILES string of the molecule is CCCC1(C(C)C)C=C(Cl)C(C)(C)CC1=O. The van der Waals surface area contributed by atoms with Crippen molar-refractivity contribution in [1.82, 2.24) is 0 Å². The van der Waals surface area contributed by atoms with Crippen LogP contribution in [-0.2, 0) is 4.79 Å². The standard InChI is InChI=1S/C14H23ClO/c1-6-7-14(10(2)3)8-11(15)13(4,5)9-12(14)16/h8,10H,6-7,9H2,1-5H3. The number of halogens is 1. The molecule has 1 aliphatic rings. The normalized spacial score (nSPS) is 29.4. The highest BCUT2D eigenvalue weighted by molar-refractivity contribution is 6.31. The number of hydrogen-bond acceptors (Lipinski definition) is 1. The van der Waals surface area contributed by atoms with Gasteiger partial charge in [-0.1, -0.05) is 58.7 Å². The van der Waals surface area contributed by atoms with Crippen molar-refractivity contribution in [3.8, 4) is 0 Å². The van der Waals surface area contributed by atoms with E-state index >= 15 is 0 Å². The molecule has 2 heteroatoms. The van der Waals surface area contributed by atoms with Crippen molar-refractivity contribution < 1.29 is 4.79 Å². The van der Waals surface area contributed by atoms with E-state index in [1.165, 1.54) is 0 Å². The number of ketones is 1. The second-order valence-corrected chi connectivity index (χ2v) is 6.33. The summed E-state index contributed by atoms with van der Waals surface area (Å²) in [5.74, 6) is 0.684. The summed E-state index contributed by atoms with van der Waals surface area (Å²) >= 11 is 6.35. The molecule has 0 aromatic carbocycles. The van der Waals surface area contributed by atoms with Crippen LogP contribution in [0.2, 0.25) is 0 Å². The fraction of sp³-hybridized carbons (Fsp3) is 0.786. The predicted molar refractivity (Wildman–Crippen MR) is 69.5 cm³/mol. The zero-order valence-electron chi connectivity index (χ0n) is 11.1. The lowest BCUT2D eigenvalue weighted by Gasteiger charge is -2.41. The first-order valence-electron chi connectivity index (χ1n) is 6.18. The van der Waals surface area contributed by atoms with Gasteiger partial charge >= 0.3 is 0 Å². The van der Waals surface area contributed by atoms with E-state index in [1.807, 2.05) is 19.9 Å². The van der Waals surface area contributed by atoms with Gasteiger partial charge in [-0.15, -0.1) is 0 Å². The van der Waals surface area contributed by atoms with E-state index in [4.69, 9.17) is 11.6 Å². The number of Topliss-reactive ketones (excluding diaryl/α,β-unsaturated/α-hetero) is 1. The smallest absolute Gasteiger partial charge is 0.143 e. The average Bonchev–Trinajstić information content (AvgIpc) is 2.13. The minimum Gasteiger partial charge on any atom is -0.299 e. The summed E-state index contributed by atoms with van der Waals surface area (Å²) in [5.41, 5.74) is -0.494. The molecule has 16 heavy (non-hydrogen) atoms. The van der Waals surface area contributed by atoms with Crippen LogP contribution in [0.4, 0.5) is 0 Å². The van der Waals surface area contributed by atoms with Gasteiger partial charge in [0, 0.05) is 16.9 Å². The fourth-order valence-electron chi connectivity index (χ4n) is 2.55. The summed E-state index contributed by atoms with van der Waals surface area (Å²) in [6.07, 6.45) is 4.54. The second kappa shape index (κ2) is 4.52. The van der Waals surface area contributed by atoms with Gasteiger partial charge < -0.3 is 0 Å². The van der Waals surface area contributed by atoms with Gasteiger partial charge in [-0.2, -0.15) is 0 Å². The zero-order chi connectivity index (χ0) is 12.6. The molecule has 0 spiro atoms. The molecule has 1 nitrogen and oxygen atoms in total. The number of carbonyl (C=O) groups is 1. The van der Waals surface area contributed by atoms with Crippen LogP contribution in [0, 0.1) is 16.7 Å². The first kappa shape index (κ1) is 13.8. The Morgan fingerprint density at radius 1 is 1.44 bits per heavy atom. The van der Waals surface area contributed by atoms with Crippen molar-refractivity contribution in [3.05, 3.63) is 11.1 Å². The van der Waals surface area contributed by atoms with Gasteiger partial charge in [0.1, 0.15) is 5.78 Å². The van der Waals surface area contributed by atoms with Gasteiger partial charge in [0.25, 0.3) is 0 Å². The molecule has 0 aromatic rings. The fourth-order valence-corrected chi connectivity index (χ4v) is 2.82. The third-order valence-corrected chi connectivity index (χ3v) is 4.47. The van der Waals surface area contributed by atoms with E-state index in [0.717, 1.165) is 17.9 Å². The zero-order valence-corrected chi connectivity index (χ0v) is 11.8. The minimum absolute atomic E-state index is 0.176. The van der Waals surface area contributed by atoms with Crippen LogP contribution in [0.3, 0.4) is 0 Å². The van der Waals surface area contributed by atoms with Gasteiger partial charge in [-0.25, -0.2) is 0 Å². The van der Waals surface area contributed by atoms with Crippen molar-refractivity contribution in [2.24, 2.45) is 16.7 Å². The molecule has 0 aromatic heterocycles. The Morgan fingerprint density at radius 3 is 2.44 bits per heavy atom. The van der Waals surface area contributed by atoms with E-state index in [0.29, 0.717) is 18.1 Å². The Kier molecular flexibility index (Phi) is 3.89. The lowest BCUT2D eigenvalue weighted by molar-refractivity contribution is -0.131. The van der Waals surface area contributed by atoms with Crippen LogP contribution in [0.25, 0.3) is 0 Å². The third kappa shape index (κ3) is 2.20. The molecule has 0 amide bonds. The van der Waals surface area contributed by atoms with Crippen LogP contribution < -0.4 is 0 Å². The van der Waals surface area contributed by atoms with Crippen LogP contribution in [0.1, 0.15) is 53.9 Å². The third-order valence-electron chi connectivity index (χ3n) is 3.85. The topological polar surface area (TPSA) is 17.1 Å². The molecule has 0 saturated carbocycles. The Morgan fingerprint density at radius 2 is 2.00 bits per heavy atom. The summed E-state index contributed by atoms with van der Waals surface area (Å²) in [4.78, 5) is 12.4. The number of hydrogen-bond donors (Lipinski definition) is 0. The van der Waals surface area contributed by atoms with Gasteiger partial charge in [0.05, 0.1) is 5.41 Å². The minimum atomic E-state index is -0.318. The van der Waals surface area contributed by atoms with Gasteiger partial charge in [-0.3, -0.25) is 4.79 Å². The molecule has 0 radical (unpaired) electrons. The Balaban J connectivity index is 3.21. The van der Waals surface area contributed by atoms with Crippen LogP contribution in [-0.4, -0.2) is 5.78 Å². The molecule has 1 atom stereocenters. The molecule has 0 bridgehead atoms. The molecule has 1 rings (SSSR count). The maximum Gasteiger partial charge on any atom is 0.143 e. The van der Waals surface area contributed by atoms with Crippen molar-refractivity contribution in [2.45, 2.75) is 53.9 Å². The molecule has 0 aliphatic heterocycles. The van der Waals surface area contributed by atoms with Gasteiger partial charge in [0.15, 0.2) is 0 Å². The predicted octanol–water partition coefficient (Wildman–Crippen LogP) is 4.55. The number of rotatable bonds is 3. The quantitative estimate of drug-likeness (QED) is 0.710. The van der Waals surface area contributed by atoms with Gasteiger partial charge in [-0.05, 0) is 12.3 Å². The highest BCUT2D eigenvalue weighted by Crippen LogP contribution is 2.49. The Bertz CT molecular complexity index is 315. The summed E-state index contributed by atoms with van der Waals surface area (Å²) < 4.78 is 0. The summed E-state index contributed by atoms with van der Waals surface area (Å²) in [5, 5.41) is 0.856. The molecular formula is C14H23ClO. The molecule has 92 valence electrons. The highest BCUT2D eigenvalue weighted by Gasteiger charge is 2.45. The molecule has 0 heterocycles. The highest BCUT2D eigenvalue weighted by atomic mass is 35.5. The van der Waals surface area contributed by atoms with E-state index in [9.17, 15) is 4.79 Å². The summed E-state index contributed by atoms with van der Waals surface area (Å²) in [7, 11) is 0. The van der Waals surface area contributed by atoms with Crippen LogP contribution >= 0.6 is 11.6 Å². The average molecular weight is 243 g/mol. The van der Waals surface area contributed by atoms with Gasteiger partial charge in [0.2, 0.25) is 0 Å². The molecular weight excluding hydrogens is 220 g/mol. The lowest BCUT2D eigenvalue weighted by Crippen LogP contribution is -2.41. The van der Waals surface area contributed by atoms with Crippen LogP contribution in [0.5, 0.6) is 0 Å². The maximum atomic E-state index is 12.4. The van der Waals surface area contributed by atoms with E-state index < -0.39 is 0 Å². The Labute approximate surface area is 104 Å². The van der Waals surface area contributed by atoms with Crippen molar-refractivity contribution in [2.75, 3.05) is 0 Å². The first-order chi connectivity index (χ1) is 7.26. The monoisotopic (exact) mass is 242 g/mol. The van der Waals surface area contributed by atoms with Crippen molar-refractivity contribution in [1.29, 1.82) is 0 Å². The maximum absolute atomic E-state index is 12.4. The van der Waals surface area contributed by atoms with Crippen molar-refractivity contribution >= 4 is 17.4 Å². The van der Waals surface area contributed by atoms with Crippen molar-refractivity contribution in [3.63, 3.8) is 0 Å². The summed E-state index contributed by atoms with van der Waals surface area (Å²) in [6, 6.07) is 0. The first-order valence-corrected chi connectivity index (χ1v) is 6.56. The molecule has 0 N–H and O–H groups in total. The number of carbonyl (C=O) groups excluding carboxylic acids is 1. The van der Waals surface area contributed by atoms with E-state index in [2.05, 4.69) is 20.8 Å². The second-order valence-electron chi connectivity index (χ2n) is 5.92. The molecule has 1 aliphatic carbocycles. The molecule has 0 saturated heterocycles. The molecule has 1 unspecified atom stereocenters. The lowest BCUT2D eigenvalue weighted by atomic mass is 9.62. The van der Waals surface area contributed by atoms with Crippen LogP contribution in [0.15, 0.2) is 11.1 Å². The van der Waals surface area contributed by atoms with E-state index in [-0.39, 0.29) is 10.8 Å². The largest absolute Gasteiger partial charge is 0.299 e. The Hall–Kier alpha value is -0.300. The summed E-state index contributed by atoms with van der Waals surface area (Å²) in [6.45, 7) is 10.4. The number of allylic oxidation sites excluding steroid dienone is 2. The molecule has 0 fully saturated rings. The van der Waals surface area contributed by atoms with E-state index in [1.54, 1.807) is 0 Å².